The van der Waals surface area contributed by atoms with Crippen molar-refractivity contribution in [2.24, 2.45) is 4.99 Å². The van der Waals surface area contributed by atoms with Crippen molar-refractivity contribution < 1.29 is 0 Å². The van der Waals surface area contributed by atoms with Crippen molar-refractivity contribution in [1.82, 2.24) is 25.5 Å². The van der Waals surface area contributed by atoms with E-state index in [0.717, 1.165) is 34.9 Å². The zero-order chi connectivity index (χ0) is 15.6. The minimum Gasteiger partial charge on any atom is -0.366 e. The number of H-pyrrole nitrogens is 1. The summed E-state index contributed by atoms with van der Waals surface area (Å²) in [6.45, 7) is 2.95. The van der Waals surface area contributed by atoms with Crippen molar-refractivity contribution >= 4 is 5.84 Å². The molecule has 0 fully saturated rings. The van der Waals surface area contributed by atoms with Crippen molar-refractivity contribution in [3.8, 4) is 22.8 Å². The average molecular weight is 304 g/mol. The van der Waals surface area contributed by atoms with Gasteiger partial charge < -0.3 is 5.32 Å². The Morgan fingerprint density at radius 3 is 2.57 bits per heavy atom. The molecule has 1 aliphatic heterocycles. The highest BCUT2D eigenvalue weighted by molar-refractivity contribution is 6.00. The maximum absolute atomic E-state index is 4.54. The molecule has 3 aromatic rings. The number of pyridine rings is 1. The number of nitrogens with one attached hydrogen (secondary N) is 2. The molecule has 0 saturated heterocycles. The van der Waals surface area contributed by atoms with Crippen LogP contribution in [0.25, 0.3) is 22.8 Å². The van der Waals surface area contributed by atoms with E-state index in [-0.39, 0.29) is 0 Å². The Morgan fingerprint density at radius 1 is 1.04 bits per heavy atom. The van der Waals surface area contributed by atoms with Gasteiger partial charge in [0.05, 0.1) is 6.54 Å². The molecule has 1 unspecified atom stereocenters. The highest BCUT2D eigenvalue weighted by Gasteiger charge is 2.14. The number of aromatic amines is 1. The van der Waals surface area contributed by atoms with Gasteiger partial charge >= 0.3 is 0 Å². The average Bonchev–Trinajstić information content (AvgIpc) is 3.25. The lowest BCUT2D eigenvalue weighted by molar-refractivity contribution is 0.726. The molecule has 3 heterocycles. The highest BCUT2D eigenvalue weighted by Crippen LogP contribution is 2.20. The number of hydrogen-bond donors (Lipinski definition) is 2. The molecule has 0 spiro atoms. The van der Waals surface area contributed by atoms with E-state index < -0.39 is 0 Å². The lowest BCUT2D eigenvalue weighted by atomic mass is 10.1. The van der Waals surface area contributed by atoms with Crippen molar-refractivity contribution in [1.29, 1.82) is 0 Å². The zero-order valence-corrected chi connectivity index (χ0v) is 12.7. The molecule has 1 aromatic carbocycles. The summed E-state index contributed by atoms with van der Waals surface area (Å²) < 4.78 is 0. The Labute approximate surface area is 133 Å². The van der Waals surface area contributed by atoms with Gasteiger partial charge in [-0.05, 0) is 19.1 Å². The van der Waals surface area contributed by atoms with E-state index in [1.165, 1.54) is 0 Å². The second-order valence-corrected chi connectivity index (χ2v) is 5.56. The molecule has 23 heavy (non-hydrogen) atoms. The third-order valence-corrected chi connectivity index (χ3v) is 3.74. The number of amidine groups is 1. The lowest BCUT2D eigenvalue weighted by Gasteiger charge is -2.06. The Balaban J connectivity index is 1.58. The van der Waals surface area contributed by atoms with Crippen molar-refractivity contribution in [2.45, 2.75) is 13.0 Å². The van der Waals surface area contributed by atoms with Gasteiger partial charge in [-0.25, -0.2) is 4.98 Å². The number of benzene rings is 1. The zero-order valence-electron chi connectivity index (χ0n) is 12.7. The number of nitrogens with zero attached hydrogens (tertiary/aromatic N) is 4. The molecule has 114 valence electrons. The molecule has 6 nitrogen and oxygen atoms in total. The van der Waals surface area contributed by atoms with Crippen LogP contribution in [0.2, 0.25) is 0 Å². The lowest BCUT2D eigenvalue weighted by Crippen LogP contribution is -2.27. The van der Waals surface area contributed by atoms with Gasteiger partial charge in [-0.3, -0.25) is 15.1 Å². The van der Waals surface area contributed by atoms with Crippen LogP contribution in [0.1, 0.15) is 12.5 Å². The summed E-state index contributed by atoms with van der Waals surface area (Å²) in [6, 6.07) is 12.4. The molecular formula is C17H16N6. The summed E-state index contributed by atoms with van der Waals surface area (Å²) in [5.41, 5.74) is 2.97. The van der Waals surface area contributed by atoms with E-state index in [9.17, 15) is 0 Å². The van der Waals surface area contributed by atoms with Crippen LogP contribution in [0, 0.1) is 0 Å². The van der Waals surface area contributed by atoms with Gasteiger partial charge in [0.1, 0.15) is 5.84 Å². The molecule has 1 atom stereocenters. The fourth-order valence-corrected chi connectivity index (χ4v) is 2.53. The first-order chi connectivity index (χ1) is 11.3. The summed E-state index contributed by atoms with van der Waals surface area (Å²) >= 11 is 0. The third kappa shape index (κ3) is 2.70. The first-order valence-corrected chi connectivity index (χ1v) is 7.54. The fraction of sp³-hybridized carbons (Fsp3) is 0.176. The highest BCUT2D eigenvalue weighted by atomic mass is 15.2. The van der Waals surface area contributed by atoms with Gasteiger partial charge in [-0.15, -0.1) is 0 Å². The van der Waals surface area contributed by atoms with Crippen LogP contribution >= 0.6 is 0 Å². The molecule has 6 heteroatoms. The first kappa shape index (κ1) is 13.6. The van der Waals surface area contributed by atoms with Crippen LogP contribution in [-0.2, 0) is 0 Å². The molecule has 0 radical (unpaired) electrons. The van der Waals surface area contributed by atoms with Crippen molar-refractivity contribution in [2.75, 3.05) is 6.54 Å². The predicted octanol–water partition coefficient (Wildman–Crippen LogP) is 2.27. The third-order valence-electron chi connectivity index (χ3n) is 3.74. The van der Waals surface area contributed by atoms with Crippen LogP contribution in [0.3, 0.4) is 0 Å². The van der Waals surface area contributed by atoms with Crippen LogP contribution in [-0.4, -0.2) is 38.6 Å². The van der Waals surface area contributed by atoms with Gasteiger partial charge in [0.25, 0.3) is 0 Å². The molecule has 0 aliphatic carbocycles. The number of aromatic nitrogens is 4. The van der Waals surface area contributed by atoms with Crippen molar-refractivity contribution in [3.63, 3.8) is 0 Å². The predicted molar refractivity (Wildman–Crippen MR) is 89.1 cm³/mol. The van der Waals surface area contributed by atoms with Crippen LogP contribution in [0.5, 0.6) is 0 Å². The quantitative estimate of drug-likeness (QED) is 0.778. The first-order valence-electron chi connectivity index (χ1n) is 7.54. The van der Waals surface area contributed by atoms with Gasteiger partial charge in [-0.1, -0.05) is 24.3 Å². The van der Waals surface area contributed by atoms with E-state index in [4.69, 9.17) is 0 Å². The van der Waals surface area contributed by atoms with E-state index in [1.807, 2.05) is 36.4 Å². The van der Waals surface area contributed by atoms with Crippen LogP contribution in [0.4, 0.5) is 0 Å². The molecule has 2 aromatic heterocycles. The number of rotatable bonds is 3. The molecular weight excluding hydrogens is 288 g/mol. The SMILES string of the molecule is CC1CN=C(c2ccc(-c3nc(-c4cccnc4)n[nH]3)cc2)N1. The van der Waals surface area contributed by atoms with Crippen molar-refractivity contribution in [3.05, 3.63) is 54.4 Å². The summed E-state index contributed by atoms with van der Waals surface area (Å²) in [7, 11) is 0. The smallest absolute Gasteiger partial charge is 0.183 e. The van der Waals surface area contributed by atoms with Gasteiger partial charge in [0, 0.05) is 35.1 Å². The van der Waals surface area contributed by atoms with E-state index in [1.54, 1.807) is 12.4 Å². The standard InChI is InChI=1S/C17H16N6/c1-11-9-19-15(20-11)12-4-6-13(7-5-12)16-21-17(23-22-16)14-3-2-8-18-10-14/h2-8,10-11H,9H2,1H3,(H,19,20)(H,21,22,23). The van der Waals surface area contributed by atoms with Gasteiger partial charge in [0.15, 0.2) is 11.6 Å². The molecule has 2 N–H and O–H groups in total. The minimum absolute atomic E-state index is 0.404. The Kier molecular flexibility index (Phi) is 3.34. The monoisotopic (exact) mass is 304 g/mol. The number of aliphatic imine (C=N–C) groups is 1. The second-order valence-electron chi connectivity index (χ2n) is 5.56. The van der Waals surface area contributed by atoms with E-state index >= 15 is 0 Å². The molecule has 1 aliphatic rings. The summed E-state index contributed by atoms with van der Waals surface area (Å²) in [6.07, 6.45) is 3.48. The Morgan fingerprint density at radius 2 is 1.87 bits per heavy atom. The minimum atomic E-state index is 0.404. The normalized spacial score (nSPS) is 16.9. The molecule has 4 rings (SSSR count). The number of hydrogen-bond acceptors (Lipinski definition) is 5. The van der Waals surface area contributed by atoms with E-state index in [0.29, 0.717) is 11.9 Å². The summed E-state index contributed by atoms with van der Waals surface area (Å²) in [5.74, 6) is 2.34. The fourth-order valence-electron chi connectivity index (χ4n) is 2.53. The Hall–Kier alpha value is -3.02. The van der Waals surface area contributed by atoms with Crippen LogP contribution in [0.15, 0.2) is 53.8 Å². The topological polar surface area (TPSA) is 78.8 Å². The molecule has 0 bridgehead atoms. The van der Waals surface area contributed by atoms with Gasteiger partial charge in [-0.2, -0.15) is 5.10 Å². The summed E-state index contributed by atoms with van der Waals surface area (Å²) in [4.78, 5) is 13.1. The molecule has 0 amide bonds. The van der Waals surface area contributed by atoms with Crippen LogP contribution < -0.4 is 5.32 Å². The molecule has 0 saturated carbocycles. The summed E-state index contributed by atoms with van der Waals surface area (Å²) in [5, 5.41) is 10.6. The largest absolute Gasteiger partial charge is 0.366 e. The van der Waals surface area contributed by atoms with Gasteiger partial charge in [0.2, 0.25) is 0 Å². The maximum atomic E-state index is 4.54. The maximum Gasteiger partial charge on any atom is 0.183 e. The van der Waals surface area contributed by atoms with E-state index in [2.05, 4.69) is 37.4 Å². The Bertz CT molecular complexity index is 835. The second kappa shape index (κ2) is 5.64.